The largest absolute Gasteiger partial charge is 0.493 e. The summed E-state index contributed by atoms with van der Waals surface area (Å²) in [5, 5.41) is 2.98. The summed E-state index contributed by atoms with van der Waals surface area (Å²) in [4.78, 5) is 12.5. The molecule has 0 bridgehead atoms. The Morgan fingerprint density at radius 3 is 2.52 bits per heavy atom. The van der Waals surface area contributed by atoms with E-state index in [-0.39, 0.29) is 30.5 Å². The number of nitrogens with two attached hydrogens (primary N) is 1. The lowest BCUT2D eigenvalue weighted by molar-refractivity contribution is 0.0940. The molecule has 1 atom stereocenters. The molecule has 146 valence electrons. The summed E-state index contributed by atoms with van der Waals surface area (Å²) in [7, 11) is 1.63. The van der Waals surface area contributed by atoms with Crippen LogP contribution >= 0.6 is 12.4 Å². The second kappa shape index (κ2) is 9.51. The highest BCUT2D eigenvalue weighted by Gasteiger charge is 2.20. The third-order valence-corrected chi connectivity index (χ3v) is 4.84. The molecule has 0 radical (unpaired) electrons. The first-order valence-corrected chi connectivity index (χ1v) is 9.08. The van der Waals surface area contributed by atoms with Gasteiger partial charge in [0.2, 0.25) is 0 Å². The number of carbonyl (C=O) groups is 1. The number of amides is 1. The van der Waals surface area contributed by atoms with Gasteiger partial charge in [0, 0.05) is 5.69 Å². The van der Waals surface area contributed by atoms with Crippen molar-refractivity contribution in [1.82, 2.24) is 5.32 Å². The standard InChI is InChI=1S/C21H26N2O3.ClH/c1-14(23-21(24)17-9-5-6-10-18(17)22)15-11-12-19(20(13-15)25-2)26-16-7-3-4-8-16;/h5-6,9-14,16H,3-4,7-8,22H2,1-2H3,(H,23,24);1H. The van der Waals surface area contributed by atoms with Crippen LogP contribution in [0, 0.1) is 0 Å². The highest BCUT2D eigenvalue weighted by atomic mass is 35.5. The third kappa shape index (κ3) is 5.07. The van der Waals surface area contributed by atoms with Crippen molar-refractivity contribution in [1.29, 1.82) is 0 Å². The van der Waals surface area contributed by atoms with Crippen LogP contribution in [-0.2, 0) is 0 Å². The van der Waals surface area contributed by atoms with E-state index < -0.39 is 0 Å². The van der Waals surface area contributed by atoms with Crippen LogP contribution in [0.2, 0.25) is 0 Å². The Hall–Kier alpha value is -2.40. The number of para-hydroxylation sites is 1. The van der Waals surface area contributed by atoms with Crippen LogP contribution in [0.4, 0.5) is 5.69 Å². The van der Waals surface area contributed by atoms with Crippen molar-refractivity contribution < 1.29 is 14.3 Å². The number of nitrogens with one attached hydrogen (secondary N) is 1. The Morgan fingerprint density at radius 2 is 1.85 bits per heavy atom. The van der Waals surface area contributed by atoms with Crippen molar-refractivity contribution in [3.8, 4) is 11.5 Å². The summed E-state index contributed by atoms with van der Waals surface area (Å²) >= 11 is 0. The number of methoxy groups -OCH3 is 1. The summed E-state index contributed by atoms with van der Waals surface area (Å²) in [6.45, 7) is 1.93. The molecule has 1 amide bonds. The smallest absolute Gasteiger partial charge is 0.253 e. The van der Waals surface area contributed by atoms with E-state index >= 15 is 0 Å². The van der Waals surface area contributed by atoms with Crippen LogP contribution < -0.4 is 20.5 Å². The fourth-order valence-corrected chi connectivity index (χ4v) is 3.30. The first-order valence-electron chi connectivity index (χ1n) is 9.08. The number of hydrogen-bond donors (Lipinski definition) is 2. The van der Waals surface area contributed by atoms with Gasteiger partial charge in [-0.1, -0.05) is 18.2 Å². The van der Waals surface area contributed by atoms with E-state index in [1.54, 1.807) is 25.3 Å². The monoisotopic (exact) mass is 390 g/mol. The molecular formula is C21H27ClN2O3. The van der Waals surface area contributed by atoms with Gasteiger partial charge in [0.15, 0.2) is 11.5 Å². The number of rotatable bonds is 6. The highest BCUT2D eigenvalue weighted by molar-refractivity contribution is 5.99. The Labute approximate surface area is 166 Å². The molecule has 5 nitrogen and oxygen atoms in total. The maximum atomic E-state index is 12.5. The number of benzene rings is 2. The number of carbonyl (C=O) groups excluding carboxylic acids is 1. The molecule has 0 saturated heterocycles. The third-order valence-electron chi connectivity index (χ3n) is 4.84. The zero-order valence-corrected chi connectivity index (χ0v) is 16.6. The van der Waals surface area contributed by atoms with E-state index in [9.17, 15) is 4.79 Å². The first kappa shape index (κ1) is 20.9. The average molecular weight is 391 g/mol. The minimum absolute atomic E-state index is 0. The predicted octanol–water partition coefficient (Wildman–Crippen LogP) is 4.51. The minimum atomic E-state index is -0.194. The molecule has 3 rings (SSSR count). The van der Waals surface area contributed by atoms with Gasteiger partial charge >= 0.3 is 0 Å². The van der Waals surface area contributed by atoms with Crippen LogP contribution in [0.15, 0.2) is 42.5 Å². The Kier molecular flexibility index (Phi) is 7.36. The van der Waals surface area contributed by atoms with Crippen LogP contribution in [-0.4, -0.2) is 19.1 Å². The highest BCUT2D eigenvalue weighted by Crippen LogP contribution is 2.33. The number of nitrogen functional groups attached to an aromatic ring is 1. The normalized spacial score (nSPS) is 14.9. The zero-order chi connectivity index (χ0) is 18.5. The van der Waals surface area contributed by atoms with Crippen molar-refractivity contribution in [3.05, 3.63) is 53.6 Å². The molecule has 1 aliphatic carbocycles. The molecule has 1 aliphatic rings. The quantitative estimate of drug-likeness (QED) is 0.711. The van der Waals surface area contributed by atoms with Crippen LogP contribution in [0.5, 0.6) is 11.5 Å². The summed E-state index contributed by atoms with van der Waals surface area (Å²) in [6.07, 6.45) is 4.90. The van der Waals surface area contributed by atoms with Gasteiger partial charge in [-0.25, -0.2) is 0 Å². The van der Waals surface area contributed by atoms with Crippen molar-refractivity contribution >= 4 is 24.0 Å². The molecule has 0 aliphatic heterocycles. The van der Waals surface area contributed by atoms with E-state index in [1.165, 1.54) is 12.8 Å². The average Bonchev–Trinajstić information content (AvgIpc) is 3.15. The topological polar surface area (TPSA) is 73.6 Å². The molecule has 2 aromatic carbocycles. The fraction of sp³-hybridized carbons (Fsp3) is 0.381. The molecule has 0 spiro atoms. The lowest BCUT2D eigenvalue weighted by Crippen LogP contribution is -2.27. The number of hydrogen-bond acceptors (Lipinski definition) is 4. The molecule has 1 fully saturated rings. The second-order valence-electron chi connectivity index (χ2n) is 6.72. The maximum Gasteiger partial charge on any atom is 0.253 e. The van der Waals surface area contributed by atoms with Crippen molar-refractivity contribution in [2.24, 2.45) is 0 Å². The molecule has 6 heteroatoms. The van der Waals surface area contributed by atoms with E-state index in [4.69, 9.17) is 15.2 Å². The van der Waals surface area contributed by atoms with Crippen LogP contribution in [0.25, 0.3) is 0 Å². The number of anilines is 1. The summed E-state index contributed by atoms with van der Waals surface area (Å²) in [5.74, 6) is 1.25. The van der Waals surface area contributed by atoms with Gasteiger partial charge < -0.3 is 20.5 Å². The molecule has 27 heavy (non-hydrogen) atoms. The van der Waals surface area contributed by atoms with Gasteiger partial charge in [0.25, 0.3) is 5.91 Å². The minimum Gasteiger partial charge on any atom is -0.493 e. The lowest BCUT2D eigenvalue weighted by atomic mass is 10.1. The maximum absolute atomic E-state index is 12.5. The molecular weight excluding hydrogens is 364 g/mol. The Morgan fingerprint density at radius 1 is 1.15 bits per heavy atom. The number of halogens is 1. The summed E-state index contributed by atoms with van der Waals surface area (Å²) in [5.41, 5.74) is 7.78. The van der Waals surface area contributed by atoms with Crippen molar-refractivity contribution in [2.75, 3.05) is 12.8 Å². The van der Waals surface area contributed by atoms with Crippen molar-refractivity contribution in [2.45, 2.75) is 44.8 Å². The molecule has 1 unspecified atom stereocenters. The molecule has 2 aromatic rings. The predicted molar refractivity (Wildman–Crippen MR) is 110 cm³/mol. The Balaban J connectivity index is 0.00000261. The van der Waals surface area contributed by atoms with Gasteiger partial charge in [0.05, 0.1) is 24.8 Å². The first-order chi connectivity index (χ1) is 12.6. The Bertz CT molecular complexity index is 776. The van der Waals surface area contributed by atoms with Crippen LogP contribution in [0.3, 0.4) is 0 Å². The van der Waals surface area contributed by atoms with Gasteiger partial charge in [-0.3, -0.25) is 4.79 Å². The van der Waals surface area contributed by atoms with Gasteiger partial charge in [-0.2, -0.15) is 0 Å². The van der Waals surface area contributed by atoms with Gasteiger partial charge in [-0.05, 0) is 62.4 Å². The fourth-order valence-electron chi connectivity index (χ4n) is 3.30. The molecule has 0 heterocycles. The van der Waals surface area contributed by atoms with Gasteiger partial charge in [-0.15, -0.1) is 12.4 Å². The molecule has 1 saturated carbocycles. The summed E-state index contributed by atoms with van der Waals surface area (Å²) < 4.78 is 11.6. The second-order valence-corrected chi connectivity index (χ2v) is 6.72. The van der Waals surface area contributed by atoms with E-state index in [0.29, 0.717) is 17.0 Å². The molecule has 0 aromatic heterocycles. The SMILES string of the molecule is COc1cc(C(C)NC(=O)c2ccccc2N)ccc1OC1CCCC1.Cl. The number of ether oxygens (including phenoxy) is 2. The zero-order valence-electron chi connectivity index (χ0n) is 15.7. The van der Waals surface area contributed by atoms with Crippen molar-refractivity contribution in [3.63, 3.8) is 0 Å². The lowest BCUT2D eigenvalue weighted by Gasteiger charge is -2.19. The van der Waals surface area contributed by atoms with E-state index in [2.05, 4.69) is 5.32 Å². The van der Waals surface area contributed by atoms with E-state index in [0.717, 1.165) is 24.2 Å². The molecule has 3 N–H and O–H groups in total. The summed E-state index contributed by atoms with van der Waals surface area (Å²) in [6, 6.07) is 12.7. The van der Waals surface area contributed by atoms with Crippen LogP contribution in [0.1, 0.15) is 54.6 Å². The van der Waals surface area contributed by atoms with E-state index in [1.807, 2.05) is 31.2 Å². The van der Waals surface area contributed by atoms with Gasteiger partial charge in [0.1, 0.15) is 0 Å².